The first-order valence-corrected chi connectivity index (χ1v) is 7.84. The Bertz CT molecular complexity index is 550. The highest BCUT2D eigenvalue weighted by molar-refractivity contribution is 5.75. The van der Waals surface area contributed by atoms with Gasteiger partial charge >= 0.3 is 0 Å². The lowest BCUT2D eigenvalue weighted by molar-refractivity contribution is -0.118. The summed E-state index contributed by atoms with van der Waals surface area (Å²) < 4.78 is 13.7. The molecule has 2 N–H and O–H groups in total. The van der Waals surface area contributed by atoms with Crippen LogP contribution < -0.4 is 5.73 Å². The average Bonchev–Trinajstić information content (AvgIpc) is 2.73. The van der Waals surface area contributed by atoms with Crippen molar-refractivity contribution in [1.29, 1.82) is 0 Å². The topological polar surface area (TPSA) is 46.3 Å². The van der Waals surface area contributed by atoms with E-state index >= 15 is 0 Å². The normalized spacial score (nSPS) is 24.2. The van der Waals surface area contributed by atoms with Gasteiger partial charge in [0.05, 0.1) is 0 Å². The van der Waals surface area contributed by atoms with Crippen molar-refractivity contribution in [2.45, 2.75) is 43.9 Å². The smallest absolute Gasteiger partial charge is 0.218 e. The Labute approximate surface area is 125 Å². The van der Waals surface area contributed by atoms with Gasteiger partial charge in [-0.25, -0.2) is 4.39 Å². The van der Waals surface area contributed by atoms with Gasteiger partial charge in [0.1, 0.15) is 5.82 Å². The van der Waals surface area contributed by atoms with E-state index in [1.807, 2.05) is 6.07 Å². The van der Waals surface area contributed by atoms with Crippen LogP contribution in [0.15, 0.2) is 18.2 Å². The van der Waals surface area contributed by atoms with Crippen molar-refractivity contribution < 1.29 is 9.18 Å². The quantitative estimate of drug-likeness (QED) is 0.930. The number of hydrogen-bond acceptors (Lipinski definition) is 2. The molecule has 1 spiro atoms. The van der Waals surface area contributed by atoms with Gasteiger partial charge < -0.3 is 10.6 Å². The second-order valence-electron chi connectivity index (χ2n) is 6.52. The minimum Gasteiger partial charge on any atom is -0.370 e. The molecule has 1 aliphatic carbocycles. The standard InChI is InChI=1S/C17H23FN2O/c1-2-20-7-5-17(6-8-20)11-12(9-16(19)21)14-4-3-13(18)10-15(14)17/h3-4,10,12H,2,5-9,11H2,1H3,(H2,19,21). The molecular weight excluding hydrogens is 267 g/mol. The summed E-state index contributed by atoms with van der Waals surface area (Å²) in [5, 5.41) is 0. The Balaban J connectivity index is 1.93. The number of rotatable bonds is 3. The minimum absolute atomic E-state index is 0.0449. The van der Waals surface area contributed by atoms with Crippen molar-refractivity contribution >= 4 is 5.91 Å². The third-order valence-electron chi connectivity index (χ3n) is 5.37. The zero-order chi connectivity index (χ0) is 15.0. The Morgan fingerprint density at radius 2 is 2.14 bits per heavy atom. The maximum Gasteiger partial charge on any atom is 0.218 e. The summed E-state index contributed by atoms with van der Waals surface area (Å²) in [5.74, 6) is -0.282. The number of likely N-dealkylation sites (tertiary alicyclic amines) is 1. The molecule has 1 fully saturated rings. The molecule has 0 bridgehead atoms. The molecule has 1 amide bonds. The van der Waals surface area contributed by atoms with Gasteiger partial charge in [-0.15, -0.1) is 0 Å². The highest BCUT2D eigenvalue weighted by Crippen LogP contribution is 2.52. The molecular formula is C17H23FN2O. The SMILES string of the molecule is CCN1CCC2(CC1)CC(CC(N)=O)c1ccc(F)cc12. The van der Waals surface area contributed by atoms with Crippen LogP contribution >= 0.6 is 0 Å². The van der Waals surface area contributed by atoms with Crippen LogP contribution in [0.2, 0.25) is 0 Å². The molecule has 0 radical (unpaired) electrons. The molecule has 1 atom stereocenters. The highest BCUT2D eigenvalue weighted by Gasteiger charge is 2.45. The monoisotopic (exact) mass is 290 g/mol. The van der Waals surface area contributed by atoms with Gasteiger partial charge in [-0.05, 0) is 73.5 Å². The number of halogens is 1. The summed E-state index contributed by atoms with van der Waals surface area (Å²) in [7, 11) is 0. The Hall–Kier alpha value is -1.42. The summed E-state index contributed by atoms with van der Waals surface area (Å²) in [6.45, 7) is 5.35. The van der Waals surface area contributed by atoms with Crippen LogP contribution in [0.25, 0.3) is 0 Å². The lowest BCUT2D eigenvalue weighted by Gasteiger charge is -2.40. The number of hydrogen-bond donors (Lipinski definition) is 1. The predicted molar refractivity (Wildman–Crippen MR) is 80.6 cm³/mol. The van der Waals surface area contributed by atoms with Crippen LogP contribution in [-0.4, -0.2) is 30.4 Å². The van der Waals surface area contributed by atoms with E-state index in [-0.39, 0.29) is 23.1 Å². The number of nitrogens with zero attached hydrogens (tertiary/aromatic N) is 1. The van der Waals surface area contributed by atoms with Crippen LogP contribution in [0.4, 0.5) is 4.39 Å². The molecule has 114 valence electrons. The molecule has 0 saturated carbocycles. The van der Waals surface area contributed by atoms with E-state index in [2.05, 4.69) is 11.8 Å². The summed E-state index contributed by atoms with van der Waals surface area (Å²) in [4.78, 5) is 13.8. The number of benzene rings is 1. The van der Waals surface area contributed by atoms with E-state index in [1.165, 1.54) is 6.07 Å². The van der Waals surface area contributed by atoms with Crippen LogP contribution in [-0.2, 0) is 10.2 Å². The molecule has 4 heteroatoms. The first-order valence-electron chi connectivity index (χ1n) is 7.84. The summed E-state index contributed by atoms with van der Waals surface area (Å²) in [6.07, 6.45) is 3.41. The lowest BCUT2D eigenvalue weighted by atomic mass is 9.73. The number of amides is 1. The average molecular weight is 290 g/mol. The zero-order valence-electron chi connectivity index (χ0n) is 12.6. The van der Waals surface area contributed by atoms with E-state index in [0.717, 1.165) is 50.0 Å². The van der Waals surface area contributed by atoms with Crippen molar-refractivity contribution in [3.05, 3.63) is 35.1 Å². The summed E-state index contributed by atoms with van der Waals surface area (Å²) >= 11 is 0. The third kappa shape index (κ3) is 2.57. The molecule has 1 aromatic carbocycles. The van der Waals surface area contributed by atoms with Crippen LogP contribution in [0.1, 0.15) is 49.7 Å². The van der Waals surface area contributed by atoms with Gasteiger partial charge in [0.25, 0.3) is 0 Å². The van der Waals surface area contributed by atoms with E-state index < -0.39 is 0 Å². The number of carbonyl (C=O) groups excluding carboxylic acids is 1. The van der Waals surface area contributed by atoms with E-state index in [0.29, 0.717) is 6.42 Å². The molecule has 0 aromatic heterocycles. The molecule has 3 rings (SSSR count). The number of primary amides is 1. The van der Waals surface area contributed by atoms with Gasteiger partial charge in [0.2, 0.25) is 5.91 Å². The van der Waals surface area contributed by atoms with E-state index in [4.69, 9.17) is 5.73 Å². The fourth-order valence-electron chi connectivity index (χ4n) is 4.23. The zero-order valence-corrected chi connectivity index (χ0v) is 12.6. The number of carbonyl (C=O) groups is 1. The molecule has 3 nitrogen and oxygen atoms in total. The largest absolute Gasteiger partial charge is 0.370 e. The highest BCUT2D eigenvalue weighted by atomic mass is 19.1. The second-order valence-corrected chi connectivity index (χ2v) is 6.52. The number of fused-ring (bicyclic) bond motifs is 2. The molecule has 1 aromatic rings. The van der Waals surface area contributed by atoms with Gasteiger partial charge in [-0.3, -0.25) is 4.79 Å². The fourth-order valence-corrected chi connectivity index (χ4v) is 4.23. The van der Waals surface area contributed by atoms with Crippen LogP contribution in [0.3, 0.4) is 0 Å². The van der Waals surface area contributed by atoms with Gasteiger partial charge in [0.15, 0.2) is 0 Å². The van der Waals surface area contributed by atoms with Gasteiger partial charge in [-0.1, -0.05) is 13.0 Å². The first kappa shape index (κ1) is 14.5. The van der Waals surface area contributed by atoms with Crippen molar-refractivity contribution in [2.75, 3.05) is 19.6 Å². The van der Waals surface area contributed by atoms with E-state index in [1.54, 1.807) is 6.07 Å². The van der Waals surface area contributed by atoms with Crippen LogP contribution in [0, 0.1) is 5.82 Å². The van der Waals surface area contributed by atoms with Crippen molar-refractivity contribution in [1.82, 2.24) is 4.90 Å². The Morgan fingerprint density at radius 3 is 2.76 bits per heavy atom. The predicted octanol–water partition coefficient (Wildman–Crippen LogP) is 2.54. The number of piperidine rings is 1. The Kier molecular flexibility index (Phi) is 3.74. The molecule has 1 aliphatic heterocycles. The van der Waals surface area contributed by atoms with Crippen molar-refractivity contribution in [3.8, 4) is 0 Å². The maximum absolute atomic E-state index is 13.7. The van der Waals surface area contributed by atoms with Crippen molar-refractivity contribution in [2.24, 2.45) is 5.73 Å². The molecule has 2 aliphatic rings. The number of nitrogens with two attached hydrogens (primary N) is 1. The molecule has 1 unspecified atom stereocenters. The summed E-state index contributed by atoms with van der Waals surface area (Å²) in [5.41, 5.74) is 7.71. The summed E-state index contributed by atoms with van der Waals surface area (Å²) in [6, 6.07) is 5.06. The molecule has 1 saturated heterocycles. The second kappa shape index (κ2) is 5.41. The third-order valence-corrected chi connectivity index (χ3v) is 5.37. The van der Waals surface area contributed by atoms with Crippen molar-refractivity contribution in [3.63, 3.8) is 0 Å². The van der Waals surface area contributed by atoms with Crippen LogP contribution in [0.5, 0.6) is 0 Å². The molecule has 1 heterocycles. The lowest BCUT2D eigenvalue weighted by Crippen LogP contribution is -2.41. The minimum atomic E-state index is -0.265. The van der Waals surface area contributed by atoms with Gasteiger partial charge in [-0.2, -0.15) is 0 Å². The fraction of sp³-hybridized carbons (Fsp3) is 0.588. The first-order chi connectivity index (χ1) is 10.0. The molecule has 21 heavy (non-hydrogen) atoms. The van der Waals surface area contributed by atoms with Gasteiger partial charge in [0, 0.05) is 6.42 Å². The maximum atomic E-state index is 13.7. The van der Waals surface area contributed by atoms with E-state index in [9.17, 15) is 9.18 Å². The Morgan fingerprint density at radius 1 is 1.43 bits per heavy atom.